The van der Waals surface area contributed by atoms with Crippen molar-refractivity contribution in [3.63, 3.8) is 0 Å². The van der Waals surface area contributed by atoms with E-state index in [1.807, 2.05) is 0 Å². The van der Waals surface area contributed by atoms with Gasteiger partial charge in [0.05, 0.1) is 28.0 Å². The molecule has 2 atom stereocenters. The van der Waals surface area contributed by atoms with Crippen molar-refractivity contribution < 1.29 is 13.2 Å². The largest absolute Gasteiger partial charge is 0.372 e. The number of H-pyrrole nitrogens is 2. The third-order valence-electron chi connectivity index (χ3n) is 4.47. The van der Waals surface area contributed by atoms with Crippen molar-refractivity contribution in [3.8, 4) is 0 Å². The molecule has 0 amide bonds. The molecular weight excluding hydrogens is 374 g/mol. The molecule has 4 rings (SSSR count). The van der Waals surface area contributed by atoms with E-state index in [1.54, 1.807) is 24.1 Å². The third-order valence-corrected chi connectivity index (χ3v) is 5.96. The van der Waals surface area contributed by atoms with E-state index in [4.69, 9.17) is 4.74 Å². The van der Waals surface area contributed by atoms with Crippen molar-refractivity contribution >= 4 is 20.9 Å². The predicted octanol–water partition coefficient (Wildman–Crippen LogP) is -0.242. The monoisotopic (exact) mass is 391 g/mol. The maximum Gasteiger partial charge on any atom is 0.326 e. The lowest BCUT2D eigenvalue weighted by Gasteiger charge is -2.19. The second kappa shape index (κ2) is 6.44. The maximum absolute atomic E-state index is 12.8. The summed E-state index contributed by atoms with van der Waals surface area (Å²) in [5.41, 5.74) is -0.248. The molecule has 3 heterocycles. The number of aryl methyl sites for hydroxylation is 1. The van der Waals surface area contributed by atoms with Crippen LogP contribution in [0.2, 0.25) is 0 Å². The molecule has 0 saturated carbocycles. The Hall–Kier alpha value is -2.76. The second-order valence-corrected chi connectivity index (χ2v) is 8.08. The first-order valence-corrected chi connectivity index (χ1v) is 9.71. The van der Waals surface area contributed by atoms with Gasteiger partial charge in [0.25, 0.3) is 5.56 Å². The number of hydrogen-bond acceptors (Lipinski definition) is 6. The molecule has 0 bridgehead atoms. The van der Waals surface area contributed by atoms with Gasteiger partial charge in [-0.2, -0.15) is 5.10 Å². The van der Waals surface area contributed by atoms with Gasteiger partial charge in [0.1, 0.15) is 6.10 Å². The van der Waals surface area contributed by atoms with Gasteiger partial charge in [-0.15, -0.1) is 0 Å². The number of benzene rings is 1. The van der Waals surface area contributed by atoms with Crippen LogP contribution in [0.3, 0.4) is 0 Å². The molecule has 1 fully saturated rings. The molecule has 0 aliphatic carbocycles. The molecule has 1 aromatic carbocycles. The highest BCUT2D eigenvalue weighted by Crippen LogP contribution is 2.30. The van der Waals surface area contributed by atoms with Gasteiger partial charge in [-0.25, -0.2) is 17.9 Å². The van der Waals surface area contributed by atoms with Crippen molar-refractivity contribution in [2.75, 3.05) is 6.61 Å². The van der Waals surface area contributed by atoms with Gasteiger partial charge < -0.3 is 9.72 Å². The lowest BCUT2D eigenvalue weighted by molar-refractivity contribution is 0.102. The summed E-state index contributed by atoms with van der Waals surface area (Å²) in [6.07, 6.45) is 3.50. The average Bonchev–Trinajstić information content (AvgIpc) is 3.22. The van der Waals surface area contributed by atoms with Gasteiger partial charge in [-0.1, -0.05) is 0 Å². The summed E-state index contributed by atoms with van der Waals surface area (Å²) >= 11 is 0. The highest BCUT2D eigenvalue weighted by molar-refractivity contribution is 7.89. The lowest BCUT2D eigenvalue weighted by Crippen LogP contribution is -2.36. The quantitative estimate of drug-likeness (QED) is 0.561. The topological polar surface area (TPSA) is 139 Å². The summed E-state index contributed by atoms with van der Waals surface area (Å²) < 4.78 is 35.6. The minimum atomic E-state index is -3.90. The Morgan fingerprint density at radius 1 is 1.30 bits per heavy atom. The third kappa shape index (κ3) is 3.31. The zero-order valence-electron chi connectivity index (χ0n) is 14.3. The first-order valence-electron chi connectivity index (χ1n) is 8.22. The Bertz CT molecular complexity index is 1230. The van der Waals surface area contributed by atoms with E-state index in [9.17, 15) is 18.0 Å². The van der Waals surface area contributed by atoms with E-state index in [2.05, 4.69) is 19.8 Å². The molecule has 1 aliphatic heterocycles. The SMILES string of the molecule is Cn1cc([C@H]2OCC[C@@H]2NS(=O)(=O)c2ccc3[nH]c(=O)[nH]c(=O)c3c2)cn1. The summed E-state index contributed by atoms with van der Waals surface area (Å²) in [4.78, 5) is 27.7. The molecule has 1 aliphatic rings. The Morgan fingerprint density at radius 2 is 2.11 bits per heavy atom. The summed E-state index contributed by atoms with van der Waals surface area (Å²) in [7, 11) is -2.13. The normalized spacial score (nSPS) is 20.3. The number of ether oxygens (including phenoxy) is 1. The van der Waals surface area contributed by atoms with Crippen LogP contribution in [0.1, 0.15) is 18.1 Å². The fourth-order valence-corrected chi connectivity index (χ4v) is 4.50. The van der Waals surface area contributed by atoms with Crippen LogP contribution in [-0.4, -0.2) is 40.8 Å². The van der Waals surface area contributed by atoms with E-state index < -0.39 is 33.4 Å². The van der Waals surface area contributed by atoms with Gasteiger partial charge in [-0.3, -0.25) is 14.5 Å². The molecule has 11 heteroatoms. The zero-order chi connectivity index (χ0) is 19.2. The Labute approximate surface area is 153 Å². The summed E-state index contributed by atoms with van der Waals surface area (Å²) in [5, 5.41) is 4.18. The Morgan fingerprint density at radius 3 is 2.85 bits per heavy atom. The fraction of sp³-hybridized carbons (Fsp3) is 0.312. The Balaban J connectivity index is 1.66. The first-order chi connectivity index (χ1) is 12.8. The lowest BCUT2D eigenvalue weighted by atomic mass is 10.1. The van der Waals surface area contributed by atoms with E-state index in [-0.39, 0.29) is 15.8 Å². The zero-order valence-corrected chi connectivity index (χ0v) is 15.1. The van der Waals surface area contributed by atoms with E-state index in [0.717, 1.165) is 5.56 Å². The summed E-state index contributed by atoms with van der Waals surface area (Å²) in [5.74, 6) is 0. The number of nitrogens with one attached hydrogen (secondary N) is 3. The van der Waals surface area contributed by atoms with Crippen molar-refractivity contribution in [2.24, 2.45) is 7.05 Å². The minimum absolute atomic E-state index is 0.0654. The molecule has 3 N–H and O–H groups in total. The minimum Gasteiger partial charge on any atom is -0.372 e. The van der Waals surface area contributed by atoms with Crippen molar-refractivity contribution in [3.05, 3.63) is 57.0 Å². The first kappa shape index (κ1) is 17.6. The van der Waals surface area contributed by atoms with Gasteiger partial charge in [0, 0.05) is 25.4 Å². The van der Waals surface area contributed by atoms with Crippen LogP contribution in [0.15, 0.2) is 45.1 Å². The van der Waals surface area contributed by atoms with Gasteiger partial charge >= 0.3 is 5.69 Å². The highest BCUT2D eigenvalue weighted by Gasteiger charge is 2.34. The fourth-order valence-electron chi connectivity index (χ4n) is 3.20. The molecule has 0 unspecified atom stereocenters. The number of sulfonamides is 1. The molecular formula is C16H17N5O5S. The van der Waals surface area contributed by atoms with Crippen LogP contribution in [0.25, 0.3) is 10.9 Å². The van der Waals surface area contributed by atoms with Gasteiger partial charge in [0.15, 0.2) is 0 Å². The van der Waals surface area contributed by atoms with Crippen LogP contribution < -0.4 is 16.0 Å². The van der Waals surface area contributed by atoms with Crippen LogP contribution in [0, 0.1) is 0 Å². The number of aromatic amines is 2. The number of nitrogens with zero attached hydrogens (tertiary/aromatic N) is 2. The molecule has 27 heavy (non-hydrogen) atoms. The second-order valence-electron chi connectivity index (χ2n) is 6.37. The van der Waals surface area contributed by atoms with Crippen LogP contribution >= 0.6 is 0 Å². The average molecular weight is 391 g/mol. The molecule has 10 nitrogen and oxygen atoms in total. The molecule has 3 aromatic rings. The van der Waals surface area contributed by atoms with Gasteiger partial charge in [0.2, 0.25) is 10.0 Å². The van der Waals surface area contributed by atoms with Crippen molar-refractivity contribution in [1.82, 2.24) is 24.5 Å². The summed E-state index contributed by atoms with van der Waals surface area (Å²) in [6, 6.07) is 3.52. The van der Waals surface area contributed by atoms with Crippen molar-refractivity contribution in [2.45, 2.75) is 23.5 Å². The summed E-state index contributed by atoms with van der Waals surface area (Å²) in [6.45, 7) is 0.422. The Kier molecular flexibility index (Phi) is 4.21. The van der Waals surface area contributed by atoms with E-state index in [0.29, 0.717) is 13.0 Å². The highest BCUT2D eigenvalue weighted by atomic mass is 32.2. The molecule has 1 saturated heterocycles. The standard InChI is InChI=1S/C16H17N5O5S/c1-21-8-9(7-17-21)14-13(4-5-26-14)20-27(24,25)10-2-3-12-11(6-10)15(22)19-16(23)18-12/h2-3,6-8,13-14,20H,4-5H2,1H3,(H2,18,19,22,23)/t13-,14+/m0/s1. The number of hydrogen-bond donors (Lipinski definition) is 3. The van der Waals surface area contributed by atoms with Crippen LogP contribution in [0.4, 0.5) is 0 Å². The van der Waals surface area contributed by atoms with E-state index >= 15 is 0 Å². The molecule has 0 radical (unpaired) electrons. The van der Waals surface area contributed by atoms with Gasteiger partial charge in [-0.05, 0) is 24.6 Å². The predicted molar refractivity (Wildman–Crippen MR) is 95.8 cm³/mol. The number of aromatic nitrogens is 4. The molecule has 2 aromatic heterocycles. The molecule has 0 spiro atoms. The van der Waals surface area contributed by atoms with Crippen LogP contribution in [0.5, 0.6) is 0 Å². The van der Waals surface area contributed by atoms with Crippen LogP contribution in [-0.2, 0) is 21.8 Å². The van der Waals surface area contributed by atoms with E-state index in [1.165, 1.54) is 18.2 Å². The molecule has 142 valence electrons. The van der Waals surface area contributed by atoms with Crippen molar-refractivity contribution in [1.29, 1.82) is 0 Å². The number of rotatable bonds is 4. The smallest absolute Gasteiger partial charge is 0.326 e. The number of fused-ring (bicyclic) bond motifs is 1. The maximum atomic E-state index is 12.8.